The van der Waals surface area contributed by atoms with Crippen molar-refractivity contribution in [1.29, 1.82) is 0 Å². The first-order valence-corrected chi connectivity index (χ1v) is 7.96. The lowest BCUT2D eigenvalue weighted by atomic mass is 10.1. The molecule has 1 rings (SSSR count). The van der Waals surface area contributed by atoms with E-state index in [0.29, 0.717) is 18.7 Å². The van der Waals surface area contributed by atoms with Crippen LogP contribution in [-0.2, 0) is 16.6 Å². The number of hydrogen-bond donors (Lipinski definition) is 1. The predicted octanol–water partition coefficient (Wildman–Crippen LogP) is 0.978. The molecular formula is C14H24N2O3S. The van der Waals surface area contributed by atoms with Gasteiger partial charge >= 0.3 is 0 Å². The maximum atomic E-state index is 12.6. The van der Waals surface area contributed by atoms with Crippen molar-refractivity contribution < 1.29 is 13.5 Å². The van der Waals surface area contributed by atoms with Gasteiger partial charge in [0.25, 0.3) is 0 Å². The summed E-state index contributed by atoms with van der Waals surface area (Å²) in [6, 6.07) is 3.37. The third-order valence-corrected chi connectivity index (χ3v) is 5.40. The van der Waals surface area contributed by atoms with Crippen LogP contribution in [0.25, 0.3) is 0 Å². The summed E-state index contributed by atoms with van der Waals surface area (Å²) in [4.78, 5) is 2.22. The van der Waals surface area contributed by atoms with Gasteiger partial charge in [0.1, 0.15) is 0 Å². The quantitative estimate of drug-likeness (QED) is 0.851. The fourth-order valence-corrected chi connectivity index (χ4v) is 3.39. The predicted molar refractivity (Wildman–Crippen MR) is 80.2 cm³/mol. The molecule has 0 aliphatic heterocycles. The molecule has 0 fully saturated rings. The van der Waals surface area contributed by atoms with Gasteiger partial charge in [0, 0.05) is 20.1 Å². The number of aliphatic hydroxyl groups is 1. The molecule has 0 atom stereocenters. The van der Waals surface area contributed by atoms with Gasteiger partial charge in [-0.3, -0.25) is 0 Å². The summed E-state index contributed by atoms with van der Waals surface area (Å²) < 4.78 is 26.6. The van der Waals surface area contributed by atoms with E-state index in [-0.39, 0.29) is 11.5 Å². The van der Waals surface area contributed by atoms with Crippen LogP contribution in [0.5, 0.6) is 0 Å². The van der Waals surface area contributed by atoms with E-state index in [1.807, 2.05) is 32.0 Å². The highest BCUT2D eigenvalue weighted by Gasteiger charge is 2.23. The van der Waals surface area contributed by atoms with Crippen LogP contribution < -0.4 is 0 Å². The van der Waals surface area contributed by atoms with E-state index in [2.05, 4.69) is 0 Å². The van der Waals surface area contributed by atoms with Crippen LogP contribution in [0.4, 0.5) is 0 Å². The highest BCUT2D eigenvalue weighted by molar-refractivity contribution is 7.89. The Kier molecular flexibility index (Phi) is 5.70. The second-order valence-electron chi connectivity index (χ2n) is 5.32. The zero-order valence-electron chi connectivity index (χ0n) is 12.8. The molecule has 6 heteroatoms. The molecular weight excluding hydrogens is 276 g/mol. The van der Waals surface area contributed by atoms with Crippen molar-refractivity contribution in [2.45, 2.75) is 25.3 Å². The normalized spacial score (nSPS) is 12.4. The van der Waals surface area contributed by atoms with E-state index in [9.17, 15) is 13.5 Å². The summed E-state index contributed by atoms with van der Waals surface area (Å²) in [6.07, 6.45) is 0. The number of hydrogen-bond acceptors (Lipinski definition) is 4. The van der Waals surface area contributed by atoms with Crippen molar-refractivity contribution in [2.24, 2.45) is 0 Å². The van der Waals surface area contributed by atoms with Crippen molar-refractivity contribution in [2.75, 3.05) is 34.2 Å². The van der Waals surface area contributed by atoms with E-state index in [1.54, 1.807) is 20.0 Å². The molecule has 20 heavy (non-hydrogen) atoms. The topological polar surface area (TPSA) is 60.9 Å². The monoisotopic (exact) mass is 300 g/mol. The number of sulfonamides is 1. The molecule has 0 aliphatic rings. The molecule has 5 nitrogen and oxygen atoms in total. The van der Waals surface area contributed by atoms with Crippen molar-refractivity contribution >= 4 is 10.0 Å². The summed E-state index contributed by atoms with van der Waals surface area (Å²) in [5, 5.41) is 9.24. The van der Waals surface area contributed by atoms with Gasteiger partial charge in [-0.1, -0.05) is 6.07 Å². The van der Waals surface area contributed by atoms with Crippen molar-refractivity contribution in [1.82, 2.24) is 9.21 Å². The zero-order chi connectivity index (χ0) is 15.5. The standard InChI is InChI=1S/C14H24N2O3S/c1-11-8-13(10-17)9-14(12(11)2)20(18,19)16(5)7-6-15(3)4/h8-9,17H,6-7,10H2,1-5H3. The Balaban J connectivity index is 3.18. The molecule has 0 spiro atoms. The lowest BCUT2D eigenvalue weighted by Gasteiger charge is -2.21. The number of likely N-dealkylation sites (N-methyl/N-ethyl adjacent to an activating group) is 2. The maximum absolute atomic E-state index is 12.6. The van der Waals surface area contributed by atoms with Gasteiger partial charge in [-0.05, 0) is 50.7 Å². The molecule has 0 bridgehead atoms. The average Bonchev–Trinajstić information content (AvgIpc) is 2.38. The minimum Gasteiger partial charge on any atom is -0.392 e. The van der Waals surface area contributed by atoms with Crippen LogP contribution in [0.1, 0.15) is 16.7 Å². The summed E-state index contributed by atoms with van der Waals surface area (Å²) >= 11 is 0. The fraction of sp³-hybridized carbons (Fsp3) is 0.571. The Labute approximate surface area is 121 Å². The van der Waals surface area contributed by atoms with E-state index in [0.717, 1.165) is 11.1 Å². The minimum atomic E-state index is -3.52. The van der Waals surface area contributed by atoms with Crippen LogP contribution in [-0.4, -0.2) is 57.0 Å². The van der Waals surface area contributed by atoms with E-state index in [1.165, 1.54) is 4.31 Å². The molecule has 0 aromatic heterocycles. The third kappa shape index (κ3) is 3.79. The van der Waals surface area contributed by atoms with Gasteiger partial charge in [-0.25, -0.2) is 8.42 Å². The smallest absolute Gasteiger partial charge is 0.243 e. The molecule has 114 valence electrons. The Morgan fingerprint density at radius 2 is 1.70 bits per heavy atom. The van der Waals surface area contributed by atoms with Crippen LogP contribution in [0.2, 0.25) is 0 Å². The third-order valence-electron chi connectivity index (χ3n) is 3.41. The second-order valence-corrected chi connectivity index (χ2v) is 7.34. The molecule has 0 heterocycles. The van der Waals surface area contributed by atoms with Gasteiger partial charge in [0.2, 0.25) is 10.0 Å². The number of aliphatic hydroxyl groups excluding tert-OH is 1. The van der Waals surface area contributed by atoms with Crippen molar-refractivity contribution in [3.05, 3.63) is 28.8 Å². The summed E-state index contributed by atoms with van der Waals surface area (Å²) in [5.74, 6) is 0. The second kappa shape index (κ2) is 6.67. The van der Waals surface area contributed by atoms with Gasteiger partial charge in [0.15, 0.2) is 0 Å². The molecule has 0 aliphatic carbocycles. The average molecular weight is 300 g/mol. The molecule has 1 N–H and O–H groups in total. The molecule has 0 saturated carbocycles. The molecule has 0 saturated heterocycles. The molecule has 1 aromatic carbocycles. The highest BCUT2D eigenvalue weighted by atomic mass is 32.2. The van der Waals surface area contributed by atoms with E-state index in [4.69, 9.17) is 0 Å². The van der Waals surface area contributed by atoms with Crippen LogP contribution in [0.3, 0.4) is 0 Å². The highest BCUT2D eigenvalue weighted by Crippen LogP contribution is 2.23. The zero-order valence-corrected chi connectivity index (χ0v) is 13.7. The van der Waals surface area contributed by atoms with Gasteiger partial charge < -0.3 is 10.0 Å². The van der Waals surface area contributed by atoms with Crippen LogP contribution in [0.15, 0.2) is 17.0 Å². The van der Waals surface area contributed by atoms with Gasteiger partial charge in [0.05, 0.1) is 11.5 Å². The van der Waals surface area contributed by atoms with Crippen LogP contribution in [0, 0.1) is 13.8 Å². The SMILES string of the molecule is Cc1cc(CO)cc(S(=O)(=O)N(C)CCN(C)C)c1C. The van der Waals surface area contributed by atoms with E-state index >= 15 is 0 Å². The van der Waals surface area contributed by atoms with Crippen LogP contribution >= 0.6 is 0 Å². The Morgan fingerprint density at radius 3 is 2.20 bits per heavy atom. The van der Waals surface area contributed by atoms with E-state index < -0.39 is 10.0 Å². The van der Waals surface area contributed by atoms with Crippen molar-refractivity contribution in [3.63, 3.8) is 0 Å². The first-order valence-electron chi connectivity index (χ1n) is 6.52. The number of aryl methyl sites for hydroxylation is 1. The molecule has 1 aromatic rings. The number of benzene rings is 1. The van der Waals surface area contributed by atoms with Crippen molar-refractivity contribution in [3.8, 4) is 0 Å². The number of rotatable bonds is 6. The Bertz CT molecular complexity index is 568. The largest absolute Gasteiger partial charge is 0.392 e. The molecule has 0 radical (unpaired) electrons. The summed E-state index contributed by atoms with van der Waals surface area (Å²) in [7, 11) is 1.87. The summed E-state index contributed by atoms with van der Waals surface area (Å²) in [5.41, 5.74) is 2.22. The molecule has 0 amide bonds. The van der Waals surface area contributed by atoms with Gasteiger partial charge in [-0.2, -0.15) is 4.31 Å². The lowest BCUT2D eigenvalue weighted by Crippen LogP contribution is -2.34. The fourth-order valence-electron chi connectivity index (χ4n) is 1.89. The first kappa shape index (κ1) is 17.1. The first-order chi connectivity index (χ1) is 9.20. The Morgan fingerprint density at radius 1 is 1.10 bits per heavy atom. The lowest BCUT2D eigenvalue weighted by molar-refractivity contribution is 0.281. The number of nitrogens with zero attached hydrogens (tertiary/aromatic N) is 2. The summed E-state index contributed by atoms with van der Waals surface area (Å²) in [6.45, 7) is 4.58. The van der Waals surface area contributed by atoms with Gasteiger partial charge in [-0.15, -0.1) is 0 Å². The Hall–Kier alpha value is -0.950. The maximum Gasteiger partial charge on any atom is 0.243 e. The minimum absolute atomic E-state index is 0.162. The molecule has 0 unspecified atom stereocenters.